The number of amides is 3. The number of rotatable bonds is 6. The second kappa shape index (κ2) is 8.94. The molecule has 2 aromatic carbocycles. The number of carbonyl (C=O) groups excluding carboxylic acids is 2. The Morgan fingerprint density at radius 1 is 1.04 bits per heavy atom. The molecular formula is C19H22FN3O2. The van der Waals surface area contributed by atoms with Gasteiger partial charge in [0.15, 0.2) is 0 Å². The molecule has 0 aliphatic heterocycles. The topological polar surface area (TPSA) is 61.4 Å². The number of halogens is 1. The predicted octanol–water partition coefficient (Wildman–Crippen LogP) is 2.69. The van der Waals surface area contributed by atoms with Crippen LogP contribution in [-0.4, -0.2) is 37.0 Å². The lowest BCUT2D eigenvalue weighted by atomic mass is 9.97. The summed E-state index contributed by atoms with van der Waals surface area (Å²) in [6.45, 7) is 2.24. The van der Waals surface area contributed by atoms with E-state index in [4.69, 9.17) is 0 Å². The molecular weight excluding hydrogens is 321 g/mol. The molecule has 25 heavy (non-hydrogen) atoms. The average molecular weight is 343 g/mol. The van der Waals surface area contributed by atoms with Crippen LogP contribution in [0.5, 0.6) is 0 Å². The minimum Gasteiger partial charge on any atom is -0.338 e. The first-order valence-corrected chi connectivity index (χ1v) is 8.09. The van der Waals surface area contributed by atoms with Gasteiger partial charge in [-0.25, -0.2) is 9.18 Å². The number of hydrogen-bond acceptors (Lipinski definition) is 3. The summed E-state index contributed by atoms with van der Waals surface area (Å²) in [6.07, 6.45) is 0. The van der Waals surface area contributed by atoms with Crippen molar-refractivity contribution in [3.05, 3.63) is 71.5 Å². The van der Waals surface area contributed by atoms with E-state index in [0.29, 0.717) is 6.54 Å². The average Bonchev–Trinajstić information content (AvgIpc) is 2.58. The number of nitrogens with zero attached hydrogens (tertiary/aromatic N) is 1. The highest BCUT2D eigenvalue weighted by Crippen LogP contribution is 2.27. The van der Waals surface area contributed by atoms with Gasteiger partial charge in [0.25, 0.3) is 0 Å². The van der Waals surface area contributed by atoms with Crippen LogP contribution in [0.25, 0.3) is 0 Å². The second-order valence-corrected chi connectivity index (χ2v) is 5.69. The van der Waals surface area contributed by atoms with Gasteiger partial charge in [0.1, 0.15) is 5.82 Å². The normalized spacial score (nSPS) is 11.8. The van der Waals surface area contributed by atoms with Crippen LogP contribution in [0, 0.1) is 5.82 Å². The van der Waals surface area contributed by atoms with E-state index in [0.717, 1.165) is 11.1 Å². The molecule has 0 radical (unpaired) electrons. The number of likely N-dealkylation sites (N-methyl/N-ethyl adjacent to an activating group) is 1. The van der Waals surface area contributed by atoms with Crippen molar-refractivity contribution in [2.45, 2.75) is 13.0 Å². The standard InChI is InChI=1S/C19H22FN3O2/c1-3-21-19(25)22-17(24)13-23(2)18(14-7-5-4-6-8-14)15-9-11-16(20)12-10-15/h4-12,18H,3,13H2,1-2H3,(H2,21,22,24,25). The van der Waals surface area contributed by atoms with E-state index >= 15 is 0 Å². The molecule has 3 amide bonds. The molecule has 0 saturated heterocycles. The zero-order valence-corrected chi connectivity index (χ0v) is 14.3. The third kappa shape index (κ3) is 5.39. The van der Waals surface area contributed by atoms with Gasteiger partial charge in [-0.1, -0.05) is 42.5 Å². The molecule has 0 fully saturated rings. The third-order valence-corrected chi connectivity index (χ3v) is 3.73. The lowest BCUT2D eigenvalue weighted by Gasteiger charge is -2.28. The van der Waals surface area contributed by atoms with E-state index in [1.54, 1.807) is 26.1 Å². The molecule has 2 N–H and O–H groups in total. The summed E-state index contributed by atoms with van der Waals surface area (Å²) in [6, 6.07) is 15.1. The van der Waals surface area contributed by atoms with Crippen molar-refractivity contribution >= 4 is 11.9 Å². The maximum atomic E-state index is 13.3. The smallest absolute Gasteiger partial charge is 0.321 e. The number of benzene rings is 2. The van der Waals surface area contributed by atoms with Gasteiger partial charge < -0.3 is 5.32 Å². The molecule has 1 unspecified atom stereocenters. The molecule has 1 atom stereocenters. The largest absolute Gasteiger partial charge is 0.338 e. The van der Waals surface area contributed by atoms with Crippen LogP contribution in [0.3, 0.4) is 0 Å². The van der Waals surface area contributed by atoms with Crippen LogP contribution in [-0.2, 0) is 4.79 Å². The number of urea groups is 1. The summed E-state index contributed by atoms with van der Waals surface area (Å²) >= 11 is 0. The third-order valence-electron chi connectivity index (χ3n) is 3.73. The van der Waals surface area contributed by atoms with Crippen molar-refractivity contribution in [2.24, 2.45) is 0 Å². The summed E-state index contributed by atoms with van der Waals surface area (Å²) in [4.78, 5) is 25.4. The molecule has 0 aliphatic rings. The van der Waals surface area contributed by atoms with Crippen LogP contribution in [0.4, 0.5) is 9.18 Å². The van der Waals surface area contributed by atoms with Gasteiger partial charge in [-0.3, -0.25) is 15.0 Å². The maximum absolute atomic E-state index is 13.3. The van der Waals surface area contributed by atoms with Gasteiger partial charge >= 0.3 is 6.03 Å². The van der Waals surface area contributed by atoms with Crippen LogP contribution in [0.2, 0.25) is 0 Å². The fraction of sp³-hybridized carbons (Fsp3) is 0.263. The lowest BCUT2D eigenvalue weighted by molar-refractivity contribution is -0.121. The van der Waals surface area contributed by atoms with Gasteiger partial charge in [0, 0.05) is 6.54 Å². The highest BCUT2D eigenvalue weighted by molar-refractivity contribution is 5.95. The minimum atomic E-state index is -0.515. The molecule has 0 saturated carbocycles. The Morgan fingerprint density at radius 3 is 2.24 bits per heavy atom. The Balaban J connectivity index is 2.19. The first kappa shape index (κ1) is 18.6. The van der Waals surface area contributed by atoms with Crippen LogP contribution >= 0.6 is 0 Å². The van der Waals surface area contributed by atoms with Crippen molar-refractivity contribution in [1.82, 2.24) is 15.5 Å². The quantitative estimate of drug-likeness (QED) is 0.848. The Morgan fingerprint density at radius 2 is 1.64 bits per heavy atom. The number of carbonyl (C=O) groups is 2. The predicted molar refractivity (Wildman–Crippen MR) is 94.5 cm³/mol. The van der Waals surface area contributed by atoms with Gasteiger partial charge in [-0.05, 0) is 37.2 Å². The molecule has 0 bridgehead atoms. The molecule has 5 nitrogen and oxygen atoms in total. The van der Waals surface area contributed by atoms with E-state index < -0.39 is 11.9 Å². The summed E-state index contributed by atoms with van der Waals surface area (Å²) in [5.74, 6) is -0.719. The lowest BCUT2D eigenvalue weighted by Crippen LogP contribution is -2.44. The number of nitrogens with one attached hydrogen (secondary N) is 2. The number of hydrogen-bond donors (Lipinski definition) is 2. The summed E-state index contributed by atoms with van der Waals surface area (Å²) in [7, 11) is 1.79. The Kier molecular flexibility index (Phi) is 6.65. The SMILES string of the molecule is CCNC(=O)NC(=O)CN(C)C(c1ccccc1)c1ccc(F)cc1. The molecule has 0 aliphatic carbocycles. The van der Waals surface area contributed by atoms with Crippen molar-refractivity contribution < 1.29 is 14.0 Å². The minimum absolute atomic E-state index is 0.0219. The Labute approximate surface area is 146 Å². The monoisotopic (exact) mass is 343 g/mol. The highest BCUT2D eigenvalue weighted by atomic mass is 19.1. The van der Waals surface area contributed by atoms with Crippen LogP contribution in [0.1, 0.15) is 24.1 Å². The van der Waals surface area contributed by atoms with Gasteiger partial charge in [-0.2, -0.15) is 0 Å². The summed E-state index contributed by atoms with van der Waals surface area (Å²) < 4.78 is 13.3. The molecule has 0 spiro atoms. The van der Waals surface area contributed by atoms with Crippen molar-refractivity contribution in [2.75, 3.05) is 20.1 Å². The van der Waals surface area contributed by atoms with E-state index in [2.05, 4.69) is 10.6 Å². The Hall–Kier alpha value is -2.73. The molecule has 132 valence electrons. The van der Waals surface area contributed by atoms with Gasteiger partial charge in [0.05, 0.1) is 12.6 Å². The highest BCUT2D eigenvalue weighted by Gasteiger charge is 2.22. The molecule has 0 aromatic heterocycles. The zero-order valence-electron chi connectivity index (χ0n) is 14.3. The van der Waals surface area contributed by atoms with Gasteiger partial charge in [0.2, 0.25) is 5.91 Å². The second-order valence-electron chi connectivity index (χ2n) is 5.69. The van der Waals surface area contributed by atoms with Crippen molar-refractivity contribution in [1.29, 1.82) is 0 Å². The molecule has 0 heterocycles. The summed E-state index contributed by atoms with van der Waals surface area (Å²) in [5, 5.41) is 4.81. The fourth-order valence-corrected chi connectivity index (χ4v) is 2.67. The van der Waals surface area contributed by atoms with E-state index in [1.165, 1.54) is 12.1 Å². The van der Waals surface area contributed by atoms with Crippen molar-refractivity contribution in [3.63, 3.8) is 0 Å². The maximum Gasteiger partial charge on any atom is 0.321 e. The first-order valence-electron chi connectivity index (χ1n) is 8.09. The van der Waals surface area contributed by atoms with Crippen LogP contribution in [0.15, 0.2) is 54.6 Å². The first-order chi connectivity index (χ1) is 12.0. The molecule has 2 aromatic rings. The Bertz CT molecular complexity index is 704. The van der Waals surface area contributed by atoms with Crippen molar-refractivity contribution in [3.8, 4) is 0 Å². The molecule has 2 rings (SSSR count). The zero-order chi connectivity index (χ0) is 18.2. The number of imide groups is 1. The molecule has 6 heteroatoms. The summed E-state index contributed by atoms with van der Waals surface area (Å²) in [5.41, 5.74) is 1.84. The van der Waals surface area contributed by atoms with E-state index in [-0.39, 0.29) is 18.4 Å². The van der Waals surface area contributed by atoms with Gasteiger partial charge in [-0.15, -0.1) is 0 Å². The van der Waals surface area contributed by atoms with E-state index in [9.17, 15) is 14.0 Å². The van der Waals surface area contributed by atoms with Crippen LogP contribution < -0.4 is 10.6 Å². The van der Waals surface area contributed by atoms with E-state index in [1.807, 2.05) is 35.2 Å². The fourth-order valence-electron chi connectivity index (χ4n) is 2.67.